The number of nitrogens with one attached hydrogen (secondary N) is 2. The van der Waals surface area contributed by atoms with Crippen LogP contribution in [0.2, 0.25) is 0 Å². The fourth-order valence-electron chi connectivity index (χ4n) is 2.22. The van der Waals surface area contributed by atoms with Gasteiger partial charge in [-0.2, -0.15) is 0 Å². The standard InChI is InChI=1S/C15H20N2O3/c1-3-20-13-6-4-11(5-7-13)10(2)17-15(19)12-8-14(18)16-9-12/h4-7,10,12H,3,8-9H2,1-2H3,(H,16,18)(H,17,19). The highest BCUT2D eigenvalue weighted by Crippen LogP contribution is 2.19. The van der Waals surface area contributed by atoms with E-state index in [1.54, 1.807) is 0 Å². The van der Waals surface area contributed by atoms with Crippen LogP contribution in [0.4, 0.5) is 0 Å². The predicted octanol–water partition coefficient (Wildman–Crippen LogP) is 1.40. The van der Waals surface area contributed by atoms with Crippen LogP contribution in [0.25, 0.3) is 0 Å². The first-order valence-corrected chi connectivity index (χ1v) is 6.90. The minimum absolute atomic E-state index is 0.0566. The van der Waals surface area contributed by atoms with Crippen molar-refractivity contribution in [3.05, 3.63) is 29.8 Å². The Morgan fingerprint density at radius 1 is 1.45 bits per heavy atom. The molecule has 0 bridgehead atoms. The van der Waals surface area contributed by atoms with Crippen molar-refractivity contribution in [3.8, 4) is 5.75 Å². The Labute approximate surface area is 118 Å². The van der Waals surface area contributed by atoms with Crippen molar-refractivity contribution in [1.82, 2.24) is 10.6 Å². The number of carbonyl (C=O) groups excluding carboxylic acids is 2. The summed E-state index contributed by atoms with van der Waals surface area (Å²) in [5.74, 6) is 0.427. The second-order valence-electron chi connectivity index (χ2n) is 4.94. The van der Waals surface area contributed by atoms with Gasteiger partial charge in [-0.1, -0.05) is 12.1 Å². The van der Waals surface area contributed by atoms with Crippen LogP contribution < -0.4 is 15.4 Å². The molecular weight excluding hydrogens is 256 g/mol. The van der Waals surface area contributed by atoms with Gasteiger partial charge in [-0.25, -0.2) is 0 Å². The van der Waals surface area contributed by atoms with Crippen LogP contribution in [-0.2, 0) is 9.59 Å². The van der Waals surface area contributed by atoms with Gasteiger partial charge in [0.25, 0.3) is 0 Å². The van der Waals surface area contributed by atoms with Crippen LogP contribution in [-0.4, -0.2) is 25.0 Å². The van der Waals surface area contributed by atoms with Gasteiger partial charge in [0.05, 0.1) is 18.6 Å². The predicted molar refractivity (Wildman–Crippen MR) is 75.3 cm³/mol. The number of benzene rings is 1. The minimum Gasteiger partial charge on any atom is -0.494 e. The van der Waals surface area contributed by atoms with Gasteiger partial charge in [-0.15, -0.1) is 0 Å². The summed E-state index contributed by atoms with van der Waals surface area (Å²) >= 11 is 0. The molecule has 2 rings (SSSR count). The van der Waals surface area contributed by atoms with E-state index in [1.807, 2.05) is 38.1 Å². The smallest absolute Gasteiger partial charge is 0.225 e. The van der Waals surface area contributed by atoms with Gasteiger partial charge in [0.2, 0.25) is 11.8 Å². The van der Waals surface area contributed by atoms with Crippen molar-refractivity contribution in [3.63, 3.8) is 0 Å². The lowest BCUT2D eigenvalue weighted by molar-refractivity contribution is -0.127. The zero-order chi connectivity index (χ0) is 14.5. The molecule has 2 atom stereocenters. The van der Waals surface area contributed by atoms with E-state index in [-0.39, 0.29) is 30.2 Å². The molecule has 0 radical (unpaired) electrons. The Kier molecular flexibility index (Phi) is 4.61. The molecule has 1 fully saturated rings. The first-order valence-electron chi connectivity index (χ1n) is 6.90. The molecule has 1 heterocycles. The Morgan fingerprint density at radius 2 is 2.15 bits per heavy atom. The van der Waals surface area contributed by atoms with Gasteiger partial charge in [0.15, 0.2) is 0 Å². The van der Waals surface area contributed by atoms with Gasteiger partial charge in [-0.3, -0.25) is 9.59 Å². The van der Waals surface area contributed by atoms with E-state index >= 15 is 0 Å². The number of hydrogen-bond acceptors (Lipinski definition) is 3. The Hall–Kier alpha value is -2.04. The molecule has 20 heavy (non-hydrogen) atoms. The van der Waals surface area contributed by atoms with Gasteiger partial charge >= 0.3 is 0 Å². The van der Waals surface area contributed by atoms with Crippen molar-refractivity contribution in [2.45, 2.75) is 26.3 Å². The summed E-state index contributed by atoms with van der Waals surface area (Å²) in [5.41, 5.74) is 1.01. The quantitative estimate of drug-likeness (QED) is 0.854. The van der Waals surface area contributed by atoms with Crippen LogP contribution in [0.15, 0.2) is 24.3 Å². The summed E-state index contributed by atoms with van der Waals surface area (Å²) in [6.07, 6.45) is 0.280. The van der Waals surface area contributed by atoms with Gasteiger partial charge in [0.1, 0.15) is 5.75 Å². The molecule has 2 unspecified atom stereocenters. The Morgan fingerprint density at radius 3 is 2.70 bits per heavy atom. The summed E-state index contributed by atoms with van der Waals surface area (Å²) in [6.45, 7) is 4.93. The summed E-state index contributed by atoms with van der Waals surface area (Å²) in [7, 11) is 0. The van der Waals surface area contributed by atoms with Crippen molar-refractivity contribution in [1.29, 1.82) is 0 Å². The van der Waals surface area contributed by atoms with Crippen LogP contribution in [0, 0.1) is 5.92 Å². The number of carbonyl (C=O) groups is 2. The zero-order valence-electron chi connectivity index (χ0n) is 11.8. The van der Waals surface area contributed by atoms with E-state index in [0.29, 0.717) is 13.2 Å². The lowest BCUT2D eigenvalue weighted by Crippen LogP contribution is -2.33. The third-order valence-electron chi connectivity index (χ3n) is 3.40. The maximum atomic E-state index is 12.0. The molecule has 5 nitrogen and oxygen atoms in total. The topological polar surface area (TPSA) is 67.4 Å². The summed E-state index contributed by atoms with van der Waals surface area (Å²) < 4.78 is 5.38. The summed E-state index contributed by atoms with van der Waals surface area (Å²) in [4.78, 5) is 23.1. The molecule has 0 saturated carbocycles. The SMILES string of the molecule is CCOc1ccc(C(C)NC(=O)C2CNC(=O)C2)cc1. The van der Waals surface area contributed by atoms with Gasteiger partial charge in [-0.05, 0) is 31.5 Å². The molecule has 2 amide bonds. The highest BCUT2D eigenvalue weighted by Gasteiger charge is 2.28. The number of hydrogen-bond donors (Lipinski definition) is 2. The van der Waals surface area contributed by atoms with E-state index < -0.39 is 0 Å². The third-order valence-corrected chi connectivity index (χ3v) is 3.40. The Balaban J connectivity index is 1.92. The second-order valence-corrected chi connectivity index (χ2v) is 4.94. The lowest BCUT2D eigenvalue weighted by Gasteiger charge is -2.17. The average Bonchev–Trinajstić information content (AvgIpc) is 2.86. The molecule has 1 aromatic carbocycles. The van der Waals surface area contributed by atoms with Crippen molar-refractivity contribution >= 4 is 11.8 Å². The normalized spacial score (nSPS) is 19.3. The molecular formula is C15H20N2O3. The van der Waals surface area contributed by atoms with E-state index in [4.69, 9.17) is 4.74 Å². The molecule has 108 valence electrons. The number of rotatable bonds is 5. The van der Waals surface area contributed by atoms with E-state index in [2.05, 4.69) is 10.6 Å². The van der Waals surface area contributed by atoms with Crippen LogP contribution in [0.5, 0.6) is 5.75 Å². The Bertz CT molecular complexity index is 484. The lowest BCUT2D eigenvalue weighted by atomic mass is 10.0. The summed E-state index contributed by atoms with van der Waals surface area (Å²) in [5, 5.41) is 5.61. The number of amides is 2. The molecule has 5 heteroatoms. The van der Waals surface area contributed by atoms with Crippen molar-refractivity contribution < 1.29 is 14.3 Å². The highest BCUT2D eigenvalue weighted by molar-refractivity contribution is 5.89. The third kappa shape index (κ3) is 3.50. The van der Waals surface area contributed by atoms with E-state index in [1.165, 1.54) is 0 Å². The molecule has 1 saturated heterocycles. The van der Waals surface area contributed by atoms with Crippen LogP contribution >= 0.6 is 0 Å². The van der Waals surface area contributed by atoms with Gasteiger partial charge in [0, 0.05) is 13.0 Å². The maximum Gasteiger partial charge on any atom is 0.225 e. The number of ether oxygens (including phenoxy) is 1. The zero-order valence-corrected chi connectivity index (χ0v) is 11.8. The second kappa shape index (κ2) is 6.41. The molecule has 1 aliphatic heterocycles. The van der Waals surface area contributed by atoms with Crippen molar-refractivity contribution in [2.75, 3.05) is 13.2 Å². The van der Waals surface area contributed by atoms with Gasteiger partial charge < -0.3 is 15.4 Å². The minimum atomic E-state index is -0.257. The molecule has 1 aromatic rings. The first kappa shape index (κ1) is 14.4. The molecule has 2 N–H and O–H groups in total. The van der Waals surface area contributed by atoms with E-state index in [0.717, 1.165) is 11.3 Å². The highest BCUT2D eigenvalue weighted by atomic mass is 16.5. The monoisotopic (exact) mass is 276 g/mol. The van der Waals surface area contributed by atoms with E-state index in [9.17, 15) is 9.59 Å². The molecule has 0 spiro atoms. The maximum absolute atomic E-state index is 12.0. The fourth-order valence-corrected chi connectivity index (χ4v) is 2.22. The largest absolute Gasteiger partial charge is 0.494 e. The van der Waals surface area contributed by atoms with Crippen LogP contribution in [0.1, 0.15) is 31.9 Å². The van der Waals surface area contributed by atoms with Crippen molar-refractivity contribution in [2.24, 2.45) is 5.92 Å². The fraction of sp³-hybridized carbons (Fsp3) is 0.467. The summed E-state index contributed by atoms with van der Waals surface area (Å²) in [6, 6.07) is 7.57. The average molecular weight is 276 g/mol. The molecule has 0 aromatic heterocycles. The molecule has 1 aliphatic rings. The van der Waals surface area contributed by atoms with Crippen LogP contribution in [0.3, 0.4) is 0 Å². The first-order chi connectivity index (χ1) is 9.60. The molecule has 0 aliphatic carbocycles.